The number of nitrogens with zero attached hydrogens (tertiary/aromatic N) is 2. The summed E-state index contributed by atoms with van der Waals surface area (Å²) in [6.07, 6.45) is -0.815. The molecule has 0 bridgehead atoms. The fourth-order valence-electron chi connectivity index (χ4n) is 2.58. The number of methoxy groups -OCH3 is 1. The highest BCUT2D eigenvalue weighted by atomic mass is 19.3. The van der Waals surface area contributed by atoms with E-state index in [2.05, 4.69) is 15.3 Å². The van der Waals surface area contributed by atoms with Crippen molar-refractivity contribution >= 4 is 11.7 Å². The Kier molecular flexibility index (Phi) is 8.20. The van der Waals surface area contributed by atoms with Gasteiger partial charge in [-0.1, -0.05) is 13.8 Å². The summed E-state index contributed by atoms with van der Waals surface area (Å²) in [6, 6.07) is 5.88. The highest BCUT2D eigenvalue weighted by Crippen LogP contribution is 2.22. The molecule has 1 unspecified atom stereocenters. The molecule has 2 aromatic heterocycles. The normalized spacial score (nSPS) is 12.0. The van der Waals surface area contributed by atoms with Crippen LogP contribution in [0.5, 0.6) is 11.8 Å². The van der Waals surface area contributed by atoms with Crippen molar-refractivity contribution in [2.45, 2.75) is 39.7 Å². The number of hydrogen-bond donors (Lipinski definition) is 1. The van der Waals surface area contributed by atoms with Crippen LogP contribution in [0.4, 0.5) is 8.78 Å². The van der Waals surface area contributed by atoms with Gasteiger partial charge in [0.1, 0.15) is 11.3 Å². The van der Waals surface area contributed by atoms with E-state index in [4.69, 9.17) is 9.47 Å². The van der Waals surface area contributed by atoms with E-state index in [1.807, 2.05) is 13.8 Å². The minimum Gasteiger partial charge on any atom is -0.480 e. The van der Waals surface area contributed by atoms with Gasteiger partial charge in [-0.25, -0.2) is 8.78 Å². The lowest BCUT2D eigenvalue weighted by Crippen LogP contribution is -2.27. The second-order valence-electron chi connectivity index (χ2n) is 6.98. The van der Waals surface area contributed by atoms with Crippen molar-refractivity contribution in [3.63, 3.8) is 0 Å². The highest BCUT2D eigenvalue weighted by Gasteiger charge is 2.19. The van der Waals surface area contributed by atoms with Gasteiger partial charge >= 0.3 is 0 Å². The number of aromatic nitrogens is 2. The fourth-order valence-corrected chi connectivity index (χ4v) is 2.58. The van der Waals surface area contributed by atoms with Gasteiger partial charge in [0.15, 0.2) is 6.61 Å². The first-order valence-corrected chi connectivity index (χ1v) is 9.45. The standard InChI is InChI=1S/C21H25F2N3O4/c1-12(2)17(27)10-15-9-14(7-8-24-15)13(3)25-20(28)16-5-6-19(26-21(16)29-4)30-11-18(22)23/h5-9,12-13,18H,10-11H2,1-4H3,(H,25,28). The van der Waals surface area contributed by atoms with Gasteiger partial charge in [-0.3, -0.25) is 14.6 Å². The Hall–Kier alpha value is -3.10. The van der Waals surface area contributed by atoms with Crippen molar-refractivity contribution in [2.75, 3.05) is 13.7 Å². The Balaban J connectivity index is 2.11. The van der Waals surface area contributed by atoms with Gasteiger partial charge in [0, 0.05) is 30.3 Å². The van der Waals surface area contributed by atoms with Crippen LogP contribution < -0.4 is 14.8 Å². The first-order valence-electron chi connectivity index (χ1n) is 9.45. The first-order chi connectivity index (χ1) is 14.2. The molecule has 0 saturated heterocycles. The van der Waals surface area contributed by atoms with E-state index in [1.54, 1.807) is 25.3 Å². The minimum absolute atomic E-state index is 0.0376. The molecule has 0 saturated carbocycles. The minimum atomic E-state index is -2.64. The van der Waals surface area contributed by atoms with E-state index < -0.39 is 18.9 Å². The summed E-state index contributed by atoms with van der Waals surface area (Å²) in [5, 5.41) is 2.83. The third-order valence-electron chi connectivity index (χ3n) is 4.32. The van der Waals surface area contributed by atoms with Gasteiger partial charge in [0.2, 0.25) is 11.8 Å². The number of ketones is 1. The maximum atomic E-state index is 12.7. The molecule has 0 fully saturated rings. The number of carbonyl (C=O) groups excluding carboxylic acids is 2. The molecule has 2 heterocycles. The lowest BCUT2D eigenvalue weighted by Gasteiger charge is -2.16. The Morgan fingerprint density at radius 2 is 1.90 bits per heavy atom. The summed E-state index contributed by atoms with van der Waals surface area (Å²) in [4.78, 5) is 32.8. The highest BCUT2D eigenvalue weighted by molar-refractivity contribution is 5.96. The molecule has 0 aliphatic heterocycles. The Labute approximate surface area is 173 Å². The fraction of sp³-hybridized carbons (Fsp3) is 0.429. The smallest absolute Gasteiger partial charge is 0.272 e. The number of amides is 1. The van der Waals surface area contributed by atoms with Crippen LogP contribution in [-0.4, -0.2) is 41.8 Å². The van der Waals surface area contributed by atoms with Gasteiger partial charge in [0.25, 0.3) is 12.3 Å². The zero-order chi connectivity index (χ0) is 22.3. The predicted octanol–water partition coefficient (Wildman–Crippen LogP) is 3.39. The summed E-state index contributed by atoms with van der Waals surface area (Å²) in [5.41, 5.74) is 1.55. The summed E-state index contributed by atoms with van der Waals surface area (Å²) in [5.74, 6) is -0.555. The SMILES string of the molecule is COc1nc(OCC(F)F)ccc1C(=O)NC(C)c1ccnc(CC(=O)C(C)C)c1. The molecule has 7 nitrogen and oxygen atoms in total. The summed E-state index contributed by atoms with van der Waals surface area (Å²) >= 11 is 0. The molecule has 0 aromatic carbocycles. The molecule has 30 heavy (non-hydrogen) atoms. The summed E-state index contributed by atoms with van der Waals surface area (Å²) in [7, 11) is 1.32. The topological polar surface area (TPSA) is 90.4 Å². The van der Waals surface area contributed by atoms with E-state index in [9.17, 15) is 18.4 Å². The average Bonchev–Trinajstić information content (AvgIpc) is 2.71. The van der Waals surface area contributed by atoms with E-state index in [-0.39, 0.29) is 41.5 Å². The molecule has 0 radical (unpaired) electrons. The van der Waals surface area contributed by atoms with Crippen molar-refractivity contribution in [3.05, 3.63) is 47.3 Å². The molecule has 1 N–H and O–H groups in total. The maximum Gasteiger partial charge on any atom is 0.272 e. The van der Waals surface area contributed by atoms with Crippen LogP contribution in [0.15, 0.2) is 30.5 Å². The monoisotopic (exact) mass is 421 g/mol. The van der Waals surface area contributed by atoms with Gasteiger partial charge in [-0.2, -0.15) is 4.98 Å². The molecule has 9 heteroatoms. The molecule has 1 amide bonds. The number of ether oxygens (including phenoxy) is 2. The summed E-state index contributed by atoms with van der Waals surface area (Å²) in [6.45, 7) is 4.66. The van der Waals surface area contributed by atoms with Gasteiger partial charge in [-0.15, -0.1) is 0 Å². The Morgan fingerprint density at radius 3 is 2.53 bits per heavy atom. The zero-order valence-electron chi connectivity index (χ0n) is 17.3. The van der Waals surface area contributed by atoms with Crippen LogP contribution in [0, 0.1) is 5.92 Å². The van der Waals surface area contributed by atoms with Crippen LogP contribution in [0.2, 0.25) is 0 Å². The molecule has 162 valence electrons. The molecule has 0 aliphatic rings. The second kappa shape index (κ2) is 10.6. The summed E-state index contributed by atoms with van der Waals surface area (Å²) < 4.78 is 34.5. The number of halogens is 2. The number of pyridine rings is 2. The van der Waals surface area contributed by atoms with Crippen LogP contribution in [0.3, 0.4) is 0 Å². The van der Waals surface area contributed by atoms with Crippen LogP contribution >= 0.6 is 0 Å². The van der Waals surface area contributed by atoms with Crippen molar-refractivity contribution in [2.24, 2.45) is 5.92 Å². The maximum absolute atomic E-state index is 12.7. The van der Waals surface area contributed by atoms with Gasteiger partial charge in [-0.05, 0) is 30.7 Å². The van der Waals surface area contributed by atoms with Gasteiger partial charge < -0.3 is 14.8 Å². The van der Waals surface area contributed by atoms with Crippen molar-refractivity contribution in [1.82, 2.24) is 15.3 Å². The quantitative estimate of drug-likeness (QED) is 0.633. The molecule has 0 spiro atoms. The van der Waals surface area contributed by atoms with Crippen LogP contribution in [0.25, 0.3) is 0 Å². The number of alkyl halides is 2. The van der Waals surface area contributed by atoms with Crippen molar-refractivity contribution in [3.8, 4) is 11.8 Å². The molecule has 1 atom stereocenters. The number of rotatable bonds is 10. The molecular weight excluding hydrogens is 396 g/mol. The predicted molar refractivity (Wildman–Crippen MR) is 106 cm³/mol. The zero-order valence-corrected chi connectivity index (χ0v) is 17.3. The van der Waals surface area contributed by atoms with Gasteiger partial charge in [0.05, 0.1) is 13.2 Å². The average molecular weight is 421 g/mol. The van der Waals surface area contributed by atoms with E-state index >= 15 is 0 Å². The Morgan fingerprint density at radius 1 is 1.17 bits per heavy atom. The lowest BCUT2D eigenvalue weighted by molar-refractivity contribution is -0.121. The number of nitrogens with one attached hydrogen (secondary N) is 1. The molecule has 2 rings (SSSR count). The number of hydrogen-bond acceptors (Lipinski definition) is 6. The largest absolute Gasteiger partial charge is 0.480 e. The van der Waals surface area contributed by atoms with Crippen molar-refractivity contribution < 1.29 is 27.8 Å². The van der Waals surface area contributed by atoms with Crippen LogP contribution in [0.1, 0.15) is 48.4 Å². The molecule has 0 aliphatic carbocycles. The lowest BCUT2D eigenvalue weighted by atomic mass is 10.0. The number of carbonyl (C=O) groups is 2. The molecule has 2 aromatic rings. The van der Waals surface area contributed by atoms with E-state index in [0.717, 1.165) is 5.56 Å². The van der Waals surface area contributed by atoms with E-state index in [1.165, 1.54) is 19.2 Å². The van der Waals surface area contributed by atoms with Crippen LogP contribution in [-0.2, 0) is 11.2 Å². The van der Waals surface area contributed by atoms with E-state index in [0.29, 0.717) is 5.69 Å². The second-order valence-corrected chi connectivity index (χ2v) is 6.98. The first kappa shape index (κ1) is 23.2. The number of Topliss-reactive ketones (excluding diaryl/α,β-unsaturated/α-hetero) is 1. The third-order valence-corrected chi connectivity index (χ3v) is 4.32. The third kappa shape index (κ3) is 6.47. The molecular formula is C21H25F2N3O4. The Bertz CT molecular complexity index is 890. The van der Waals surface area contributed by atoms with Crippen molar-refractivity contribution in [1.29, 1.82) is 0 Å².